The summed E-state index contributed by atoms with van der Waals surface area (Å²) in [5, 5.41) is 0. The van der Waals surface area contributed by atoms with E-state index in [1.165, 1.54) is 0 Å². The summed E-state index contributed by atoms with van der Waals surface area (Å²) in [6, 6.07) is 5.55. The molecule has 0 aromatic heterocycles. The van der Waals surface area contributed by atoms with Crippen molar-refractivity contribution in [3.8, 4) is 0 Å². The molecule has 0 saturated heterocycles. The van der Waals surface area contributed by atoms with Gasteiger partial charge in [0.1, 0.15) is 0 Å². The molecule has 1 aromatic rings. The van der Waals surface area contributed by atoms with Crippen LogP contribution in [0.2, 0.25) is 0 Å². The van der Waals surface area contributed by atoms with Gasteiger partial charge in [-0.05, 0) is 12.1 Å². The van der Waals surface area contributed by atoms with E-state index in [1.807, 2.05) is 18.2 Å². The zero-order chi connectivity index (χ0) is 9.84. The summed E-state index contributed by atoms with van der Waals surface area (Å²) < 4.78 is 1.61. The van der Waals surface area contributed by atoms with Crippen LogP contribution in [0.3, 0.4) is 0 Å². The summed E-state index contributed by atoms with van der Waals surface area (Å²) in [4.78, 5) is 11.5. The first kappa shape index (κ1) is 11.2. The quantitative estimate of drug-likeness (QED) is 0.605. The monoisotopic (exact) mass is 324 g/mol. The molecule has 1 rings (SSSR count). The first-order chi connectivity index (χ1) is 6.16. The number of hydrogen-bond acceptors (Lipinski definition) is 1. The van der Waals surface area contributed by atoms with E-state index in [4.69, 9.17) is 11.6 Å². The lowest BCUT2D eigenvalue weighted by Crippen LogP contribution is -2.01. The molecule has 0 N–H and O–H groups in total. The van der Waals surface area contributed by atoms with Gasteiger partial charge in [-0.15, -0.1) is 11.6 Å². The smallest absolute Gasteiger partial charge is 0.166 e. The Morgan fingerprint density at radius 1 is 1.31 bits per heavy atom. The zero-order valence-corrected chi connectivity index (χ0v) is 10.6. The minimum atomic E-state index is 0.0503. The molecule has 1 aromatic carbocycles. The fraction of sp³-hybridized carbons (Fsp3) is 0.222. The first-order valence-electron chi connectivity index (χ1n) is 3.70. The van der Waals surface area contributed by atoms with Crippen molar-refractivity contribution in [1.29, 1.82) is 0 Å². The maximum Gasteiger partial charge on any atom is 0.166 e. The van der Waals surface area contributed by atoms with Crippen molar-refractivity contribution in [2.24, 2.45) is 0 Å². The summed E-state index contributed by atoms with van der Waals surface area (Å²) in [5.74, 6) is 0.404. The molecule has 0 saturated carbocycles. The van der Waals surface area contributed by atoms with Crippen LogP contribution < -0.4 is 0 Å². The molecule has 1 nitrogen and oxygen atoms in total. The number of Topliss-reactive ketones (excluding diaryl/α,β-unsaturated/α-hetero) is 1. The molecule has 0 bridgehead atoms. The molecule has 0 radical (unpaired) electrons. The second-order valence-corrected chi connectivity index (χ2v) is 4.55. The van der Waals surface area contributed by atoms with E-state index in [9.17, 15) is 4.79 Å². The fourth-order valence-electron chi connectivity index (χ4n) is 0.975. The average Bonchev–Trinajstić information content (AvgIpc) is 2.04. The highest BCUT2D eigenvalue weighted by molar-refractivity contribution is 9.11. The van der Waals surface area contributed by atoms with Gasteiger partial charge in [0.25, 0.3) is 0 Å². The number of carbonyl (C=O) groups is 1. The lowest BCUT2D eigenvalue weighted by molar-refractivity contribution is 0.0988. The van der Waals surface area contributed by atoms with E-state index in [2.05, 4.69) is 31.9 Å². The lowest BCUT2D eigenvalue weighted by Gasteiger charge is -2.04. The molecule has 0 unspecified atom stereocenters. The van der Waals surface area contributed by atoms with Crippen molar-refractivity contribution in [2.45, 2.75) is 6.42 Å². The van der Waals surface area contributed by atoms with Crippen molar-refractivity contribution >= 4 is 49.2 Å². The molecule has 0 heterocycles. The normalized spacial score (nSPS) is 10.1. The lowest BCUT2D eigenvalue weighted by atomic mass is 10.1. The van der Waals surface area contributed by atoms with E-state index >= 15 is 0 Å². The second-order valence-electron chi connectivity index (χ2n) is 2.46. The standard InChI is InChI=1S/C9H7Br2ClO/c10-6-2-1-3-7(11)9(6)8(13)4-5-12/h1-3H,4-5H2. The molecular formula is C9H7Br2ClO. The minimum absolute atomic E-state index is 0.0503. The highest BCUT2D eigenvalue weighted by Gasteiger charge is 2.12. The summed E-state index contributed by atoms with van der Waals surface area (Å²) in [6.07, 6.45) is 0.364. The van der Waals surface area contributed by atoms with Gasteiger partial charge in [0.05, 0.1) is 0 Å². The van der Waals surface area contributed by atoms with E-state index in [-0.39, 0.29) is 5.78 Å². The van der Waals surface area contributed by atoms with Crippen LogP contribution in [0.1, 0.15) is 16.8 Å². The van der Waals surface area contributed by atoms with Gasteiger partial charge in [-0.2, -0.15) is 0 Å². The summed E-state index contributed by atoms with van der Waals surface area (Å²) in [5.41, 5.74) is 0.670. The van der Waals surface area contributed by atoms with E-state index in [1.54, 1.807) is 0 Å². The largest absolute Gasteiger partial charge is 0.294 e. The molecule has 0 atom stereocenters. The third kappa shape index (κ3) is 2.79. The molecule has 0 spiro atoms. The number of benzene rings is 1. The van der Waals surface area contributed by atoms with E-state index < -0.39 is 0 Å². The van der Waals surface area contributed by atoms with Crippen molar-refractivity contribution in [3.63, 3.8) is 0 Å². The van der Waals surface area contributed by atoms with Crippen LogP contribution in [0.4, 0.5) is 0 Å². The van der Waals surface area contributed by atoms with Gasteiger partial charge in [-0.1, -0.05) is 37.9 Å². The molecule has 0 aliphatic carbocycles. The van der Waals surface area contributed by atoms with Crippen LogP contribution in [0.25, 0.3) is 0 Å². The van der Waals surface area contributed by atoms with Crippen LogP contribution in [-0.2, 0) is 0 Å². The Morgan fingerprint density at radius 3 is 2.31 bits per heavy atom. The molecule has 70 valence electrons. The molecule has 0 amide bonds. The Bertz CT molecular complexity index is 305. The summed E-state index contributed by atoms with van der Waals surface area (Å²) in [6.45, 7) is 0. The third-order valence-electron chi connectivity index (χ3n) is 1.56. The van der Waals surface area contributed by atoms with Gasteiger partial charge in [0.2, 0.25) is 0 Å². The highest BCUT2D eigenvalue weighted by atomic mass is 79.9. The predicted octanol–water partition coefficient (Wildman–Crippen LogP) is 4.02. The van der Waals surface area contributed by atoms with Crippen LogP contribution in [0.5, 0.6) is 0 Å². The van der Waals surface area contributed by atoms with Gasteiger partial charge in [-0.25, -0.2) is 0 Å². The molecule has 0 aliphatic heterocycles. The molecule has 13 heavy (non-hydrogen) atoms. The van der Waals surface area contributed by atoms with Crippen molar-refractivity contribution < 1.29 is 4.79 Å². The van der Waals surface area contributed by atoms with Crippen LogP contribution in [0, 0.1) is 0 Å². The average molecular weight is 326 g/mol. The van der Waals surface area contributed by atoms with Crippen molar-refractivity contribution in [1.82, 2.24) is 0 Å². The number of halogens is 3. The number of ketones is 1. The minimum Gasteiger partial charge on any atom is -0.294 e. The molecule has 4 heteroatoms. The van der Waals surface area contributed by atoms with E-state index in [0.717, 1.165) is 8.95 Å². The third-order valence-corrected chi connectivity index (χ3v) is 3.07. The molecular weight excluding hydrogens is 319 g/mol. The Balaban J connectivity index is 3.05. The maximum atomic E-state index is 11.5. The van der Waals surface area contributed by atoms with Crippen molar-refractivity contribution in [3.05, 3.63) is 32.7 Å². The Hall–Kier alpha value is 0.140. The van der Waals surface area contributed by atoms with Gasteiger partial charge in [0.15, 0.2) is 5.78 Å². The zero-order valence-electron chi connectivity index (χ0n) is 6.69. The Labute approximate surface area is 98.7 Å². The number of carbonyl (C=O) groups excluding carboxylic acids is 1. The van der Waals surface area contributed by atoms with E-state index in [0.29, 0.717) is 17.9 Å². The fourth-order valence-corrected chi connectivity index (χ4v) is 2.59. The van der Waals surface area contributed by atoms with Crippen LogP contribution >= 0.6 is 43.5 Å². The summed E-state index contributed by atoms with van der Waals surface area (Å²) in [7, 11) is 0. The molecule has 0 fully saturated rings. The van der Waals surface area contributed by atoms with Crippen molar-refractivity contribution in [2.75, 3.05) is 5.88 Å². The number of alkyl halides is 1. The van der Waals surface area contributed by atoms with Gasteiger partial charge in [0, 0.05) is 26.8 Å². The van der Waals surface area contributed by atoms with Crippen LogP contribution in [0.15, 0.2) is 27.1 Å². The number of hydrogen-bond donors (Lipinski definition) is 0. The summed E-state index contributed by atoms with van der Waals surface area (Å²) >= 11 is 12.1. The highest BCUT2D eigenvalue weighted by Crippen LogP contribution is 2.26. The van der Waals surface area contributed by atoms with Gasteiger partial charge in [-0.3, -0.25) is 4.79 Å². The SMILES string of the molecule is O=C(CCCl)c1c(Br)cccc1Br. The van der Waals surface area contributed by atoms with Crippen LogP contribution in [-0.4, -0.2) is 11.7 Å². The predicted molar refractivity (Wildman–Crippen MR) is 61.5 cm³/mol. The van der Waals surface area contributed by atoms with Gasteiger partial charge < -0.3 is 0 Å². The maximum absolute atomic E-state index is 11.5. The topological polar surface area (TPSA) is 17.1 Å². The molecule has 0 aliphatic rings. The van der Waals surface area contributed by atoms with Gasteiger partial charge >= 0.3 is 0 Å². The first-order valence-corrected chi connectivity index (χ1v) is 5.82. The Kier molecular flexibility index (Phi) is 4.42. The number of rotatable bonds is 3. The second kappa shape index (κ2) is 5.13. The Morgan fingerprint density at radius 2 is 1.85 bits per heavy atom.